The molecule has 3 rings (SSSR count). The number of carbonyl (C=O) groups is 2. The van der Waals surface area contributed by atoms with Gasteiger partial charge in [0.05, 0.1) is 17.0 Å². The molecule has 1 saturated carbocycles. The van der Waals surface area contributed by atoms with Crippen LogP contribution in [0.15, 0.2) is 22.9 Å². The predicted molar refractivity (Wildman–Crippen MR) is 97.7 cm³/mol. The van der Waals surface area contributed by atoms with Gasteiger partial charge in [-0.1, -0.05) is 25.8 Å². The Labute approximate surface area is 149 Å². The van der Waals surface area contributed by atoms with Gasteiger partial charge in [0.25, 0.3) is 5.91 Å². The number of anilines is 1. The Morgan fingerprint density at radius 3 is 2.88 bits per heavy atom. The summed E-state index contributed by atoms with van der Waals surface area (Å²) in [6, 6.07) is 3.89. The van der Waals surface area contributed by atoms with E-state index in [0.29, 0.717) is 21.6 Å². The lowest BCUT2D eigenvalue weighted by atomic mass is 9.86. The van der Waals surface area contributed by atoms with Crippen molar-refractivity contribution >= 4 is 39.6 Å². The van der Waals surface area contributed by atoms with E-state index in [1.807, 2.05) is 16.8 Å². The molecule has 0 spiro atoms. The minimum atomic E-state index is -0.161. The highest BCUT2D eigenvalue weighted by Gasteiger charge is 2.23. The minimum Gasteiger partial charge on any atom is -0.353 e. The molecular formula is C17H21N3O2S2. The zero-order valence-electron chi connectivity index (χ0n) is 13.6. The van der Waals surface area contributed by atoms with Crippen molar-refractivity contribution in [1.29, 1.82) is 0 Å². The average Bonchev–Trinajstić information content (AvgIpc) is 3.21. The van der Waals surface area contributed by atoms with Crippen LogP contribution in [0.4, 0.5) is 5.13 Å². The summed E-state index contributed by atoms with van der Waals surface area (Å²) < 4.78 is 0. The number of rotatable bonds is 5. The third-order valence-electron chi connectivity index (χ3n) is 4.32. The molecule has 2 heterocycles. The molecule has 0 radical (unpaired) electrons. The maximum absolute atomic E-state index is 12.2. The summed E-state index contributed by atoms with van der Waals surface area (Å²) in [6.07, 6.45) is 4.94. The lowest BCUT2D eigenvalue weighted by molar-refractivity contribution is -0.121. The number of hydrogen-bond donors (Lipinski definition) is 2. The van der Waals surface area contributed by atoms with Gasteiger partial charge in [-0.25, -0.2) is 4.98 Å². The van der Waals surface area contributed by atoms with Crippen LogP contribution in [0, 0.1) is 5.92 Å². The zero-order valence-corrected chi connectivity index (χ0v) is 15.2. The molecule has 128 valence electrons. The zero-order chi connectivity index (χ0) is 16.9. The van der Waals surface area contributed by atoms with Crippen molar-refractivity contribution in [3.05, 3.63) is 33.5 Å². The maximum Gasteiger partial charge on any atom is 0.267 e. The van der Waals surface area contributed by atoms with Crippen molar-refractivity contribution in [2.75, 3.05) is 5.32 Å². The van der Waals surface area contributed by atoms with Crippen molar-refractivity contribution in [3.63, 3.8) is 0 Å². The second-order valence-corrected chi connectivity index (χ2v) is 7.99. The first kappa shape index (κ1) is 17.1. The second kappa shape index (κ2) is 7.90. The van der Waals surface area contributed by atoms with Crippen LogP contribution in [0.25, 0.3) is 0 Å². The van der Waals surface area contributed by atoms with Gasteiger partial charge in [-0.3, -0.25) is 14.9 Å². The number of thiophene rings is 1. The van der Waals surface area contributed by atoms with Gasteiger partial charge >= 0.3 is 0 Å². The van der Waals surface area contributed by atoms with Crippen molar-refractivity contribution in [2.24, 2.45) is 5.92 Å². The number of carbonyl (C=O) groups excluding carboxylic acids is 2. The topological polar surface area (TPSA) is 71.1 Å². The average molecular weight is 364 g/mol. The SMILES string of the molecule is CC1CCCCC1NC(=O)Cc1csc(NC(=O)c2cccs2)n1. The smallest absolute Gasteiger partial charge is 0.267 e. The second-order valence-electron chi connectivity index (χ2n) is 6.19. The largest absolute Gasteiger partial charge is 0.353 e. The molecule has 5 nitrogen and oxygen atoms in total. The van der Waals surface area contributed by atoms with Crippen LogP contribution in [0.2, 0.25) is 0 Å². The first-order valence-corrected chi connectivity index (χ1v) is 9.96. The number of nitrogens with one attached hydrogen (secondary N) is 2. The molecule has 1 fully saturated rings. The summed E-state index contributed by atoms with van der Waals surface area (Å²) >= 11 is 2.73. The van der Waals surface area contributed by atoms with E-state index >= 15 is 0 Å². The van der Waals surface area contributed by atoms with E-state index < -0.39 is 0 Å². The standard InChI is InChI=1S/C17H21N3O2S2/c1-11-5-2-3-6-13(11)19-15(21)9-12-10-24-17(18-12)20-16(22)14-7-4-8-23-14/h4,7-8,10-11,13H,2-3,5-6,9H2,1H3,(H,19,21)(H,18,20,22). The van der Waals surface area contributed by atoms with Gasteiger partial charge in [0.15, 0.2) is 5.13 Å². The number of aromatic nitrogens is 1. The third kappa shape index (κ3) is 4.42. The molecule has 2 N–H and O–H groups in total. The molecule has 2 amide bonds. The Morgan fingerprint density at radius 2 is 2.12 bits per heavy atom. The molecule has 0 saturated heterocycles. The number of hydrogen-bond acceptors (Lipinski definition) is 5. The maximum atomic E-state index is 12.2. The van der Waals surface area contributed by atoms with Gasteiger partial charge in [-0.05, 0) is 30.2 Å². The monoisotopic (exact) mass is 363 g/mol. The lowest BCUT2D eigenvalue weighted by Gasteiger charge is -2.29. The fraction of sp³-hybridized carbons (Fsp3) is 0.471. The molecule has 0 aromatic carbocycles. The van der Waals surface area contributed by atoms with Gasteiger partial charge < -0.3 is 5.32 Å². The quantitative estimate of drug-likeness (QED) is 0.851. The Morgan fingerprint density at radius 1 is 1.29 bits per heavy atom. The van der Waals surface area contributed by atoms with Crippen LogP contribution >= 0.6 is 22.7 Å². The Kier molecular flexibility index (Phi) is 5.63. The van der Waals surface area contributed by atoms with E-state index in [2.05, 4.69) is 22.5 Å². The Hall–Kier alpha value is -1.73. The molecule has 0 bridgehead atoms. The summed E-state index contributed by atoms with van der Waals surface area (Å²) in [7, 11) is 0. The van der Waals surface area contributed by atoms with Crippen LogP contribution in [0.1, 0.15) is 48.0 Å². The first-order valence-electron chi connectivity index (χ1n) is 8.20. The molecule has 2 atom stereocenters. The molecule has 1 aliphatic carbocycles. The summed E-state index contributed by atoms with van der Waals surface area (Å²) in [4.78, 5) is 29.2. The summed E-state index contributed by atoms with van der Waals surface area (Å²) in [6.45, 7) is 2.20. The van der Waals surface area contributed by atoms with Gasteiger partial charge in [-0.15, -0.1) is 22.7 Å². The summed E-state index contributed by atoms with van der Waals surface area (Å²) in [5, 5.41) is 10.1. The molecule has 0 aliphatic heterocycles. The van der Waals surface area contributed by atoms with Crippen LogP contribution < -0.4 is 10.6 Å². The highest BCUT2D eigenvalue weighted by atomic mass is 32.1. The predicted octanol–water partition coefficient (Wildman–Crippen LogP) is 3.69. The normalized spacial score (nSPS) is 20.5. The molecule has 2 aromatic rings. The minimum absolute atomic E-state index is 0.00943. The Balaban J connectivity index is 1.52. The van der Waals surface area contributed by atoms with E-state index in [-0.39, 0.29) is 24.3 Å². The molecule has 2 aromatic heterocycles. The fourth-order valence-corrected chi connectivity index (χ4v) is 4.29. The van der Waals surface area contributed by atoms with Gasteiger partial charge in [0.1, 0.15) is 0 Å². The van der Waals surface area contributed by atoms with Crippen molar-refractivity contribution in [1.82, 2.24) is 10.3 Å². The van der Waals surface area contributed by atoms with Crippen LogP contribution in [0.3, 0.4) is 0 Å². The van der Waals surface area contributed by atoms with Crippen LogP contribution in [-0.4, -0.2) is 22.8 Å². The highest BCUT2D eigenvalue weighted by molar-refractivity contribution is 7.14. The molecule has 7 heteroatoms. The van der Waals surface area contributed by atoms with E-state index in [9.17, 15) is 9.59 Å². The number of nitrogens with zero attached hydrogens (tertiary/aromatic N) is 1. The summed E-state index contributed by atoms with van der Waals surface area (Å²) in [5.74, 6) is 0.389. The Bertz CT molecular complexity index is 697. The van der Waals surface area contributed by atoms with E-state index in [0.717, 1.165) is 6.42 Å². The van der Waals surface area contributed by atoms with Gasteiger partial charge in [0, 0.05) is 11.4 Å². The van der Waals surface area contributed by atoms with Crippen molar-refractivity contribution < 1.29 is 9.59 Å². The first-order chi connectivity index (χ1) is 11.6. The van der Waals surface area contributed by atoms with E-state index in [1.165, 1.54) is 41.9 Å². The molecule has 1 aliphatic rings. The number of amides is 2. The molecule has 24 heavy (non-hydrogen) atoms. The van der Waals surface area contributed by atoms with Gasteiger partial charge in [0.2, 0.25) is 5.91 Å². The fourth-order valence-electron chi connectivity index (χ4n) is 2.97. The van der Waals surface area contributed by atoms with E-state index in [4.69, 9.17) is 0 Å². The van der Waals surface area contributed by atoms with Crippen molar-refractivity contribution in [2.45, 2.75) is 45.1 Å². The number of thiazole rings is 1. The van der Waals surface area contributed by atoms with E-state index in [1.54, 1.807) is 6.07 Å². The molecule has 2 unspecified atom stereocenters. The van der Waals surface area contributed by atoms with Crippen LogP contribution in [0.5, 0.6) is 0 Å². The van der Waals surface area contributed by atoms with Crippen LogP contribution in [-0.2, 0) is 11.2 Å². The molecular weight excluding hydrogens is 342 g/mol. The highest BCUT2D eigenvalue weighted by Crippen LogP contribution is 2.24. The lowest BCUT2D eigenvalue weighted by Crippen LogP contribution is -2.41. The summed E-state index contributed by atoms with van der Waals surface area (Å²) in [5.41, 5.74) is 0.697. The van der Waals surface area contributed by atoms with Gasteiger partial charge in [-0.2, -0.15) is 0 Å². The van der Waals surface area contributed by atoms with Crippen molar-refractivity contribution in [3.8, 4) is 0 Å². The third-order valence-corrected chi connectivity index (χ3v) is 5.99.